The monoisotopic (exact) mass is 237 g/mol. The molecule has 5 heteroatoms. The highest BCUT2D eigenvalue weighted by atomic mass is 16.5. The molecule has 1 heterocycles. The molecule has 0 amide bonds. The summed E-state index contributed by atoms with van der Waals surface area (Å²) < 4.78 is 5.06. The van der Waals surface area contributed by atoms with E-state index in [0.29, 0.717) is 11.2 Å². The number of hydrogen-bond donors (Lipinski definition) is 2. The predicted molar refractivity (Wildman–Crippen MR) is 66.5 cm³/mol. The maximum Gasteiger partial charge on any atom is 0.295 e. The highest BCUT2D eigenvalue weighted by molar-refractivity contribution is 5.47. The molecule has 17 heavy (non-hydrogen) atoms. The van der Waals surface area contributed by atoms with Gasteiger partial charge in [-0.3, -0.25) is 4.79 Å². The Morgan fingerprint density at radius 3 is 2.88 bits per heavy atom. The van der Waals surface area contributed by atoms with Crippen LogP contribution >= 0.6 is 0 Å². The molecule has 0 bridgehead atoms. The lowest BCUT2D eigenvalue weighted by molar-refractivity contribution is 0.359. The van der Waals surface area contributed by atoms with E-state index in [0.717, 1.165) is 6.54 Å². The molecule has 94 valence electrons. The summed E-state index contributed by atoms with van der Waals surface area (Å²) in [4.78, 5) is 18.1. The Morgan fingerprint density at radius 2 is 2.24 bits per heavy atom. The maximum absolute atomic E-state index is 11.5. The normalized spacial score (nSPS) is 18.0. The van der Waals surface area contributed by atoms with E-state index in [2.05, 4.69) is 22.2 Å². The molecular weight excluding hydrogens is 218 g/mol. The molecule has 0 radical (unpaired) electrons. The Labute approximate surface area is 101 Å². The van der Waals surface area contributed by atoms with Crippen LogP contribution in [-0.2, 0) is 0 Å². The number of ether oxygens (including phenoxy) is 1. The van der Waals surface area contributed by atoms with Gasteiger partial charge in [0.15, 0.2) is 5.82 Å². The molecule has 5 nitrogen and oxygen atoms in total. The molecule has 0 aromatic carbocycles. The molecule has 0 saturated heterocycles. The van der Waals surface area contributed by atoms with Gasteiger partial charge < -0.3 is 15.0 Å². The third-order valence-electron chi connectivity index (χ3n) is 3.51. The quantitative estimate of drug-likeness (QED) is 0.837. The third-order valence-corrected chi connectivity index (χ3v) is 3.51. The molecule has 0 atom stereocenters. The molecule has 1 fully saturated rings. The number of rotatable bonds is 4. The van der Waals surface area contributed by atoms with Crippen LogP contribution in [0.5, 0.6) is 5.75 Å². The standard InChI is InChI=1S/C12H19N3O2/c1-12(5-3-4-6-12)7-13-10-9(17-2)11(16)15-8-14-10/h8H,3-7H2,1-2H3,(H2,13,14,15,16). The van der Waals surface area contributed by atoms with Crippen LogP contribution in [0, 0.1) is 5.41 Å². The lowest BCUT2D eigenvalue weighted by Gasteiger charge is -2.24. The largest absolute Gasteiger partial charge is 0.489 e. The third kappa shape index (κ3) is 2.60. The fraction of sp³-hybridized carbons (Fsp3) is 0.667. The lowest BCUT2D eigenvalue weighted by Crippen LogP contribution is -2.24. The van der Waals surface area contributed by atoms with Crippen molar-refractivity contribution in [3.63, 3.8) is 0 Å². The number of methoxy groups -OCH3 is 1. The van der Waals surface area contributed by atoms with Crippen molar-refractivity contribution in [3.8, 4) is 5.75 Å². The number of aromatic amines is 1. The molecule has 1 aliphatic rings. The molecule has 1 aromatic heterocycles. The van der Waals surface area contributed by atoms with Crippen LogP contribution < -0.4 is 15.6 Å². The van der Waals surface area contributed by atoms with Gasteiger partial charge in [0.25, 0.3) is 5.56 Å². The first-order valence-corrected chi connectivity index (χ1v) is 6.00. The summed E-state index contributed by atoms with van der Waals surface area (Å²) in [5.41, 5.74) is 0.0662. The van der Waals surface area contributed by atoms with Crippen molar-refractivity contribution < 1.29 is 4.74 Å². The lowest BCUT2D eigenvalue weighted by atomic mass is 9.89. The van der Waals surface area contributed by atoms with Crippen molar-refractivity contribution in [2.75, 3.05) is 19.0 Å². The smallest absolute Gasteiger partial charge is 0.295 e. The Morgan fingerprint density at radius 1 is 1.53 bits per heavy atom. The summed E-state index contributed by atoms with van der Waals surface area (Å²) in [5, 5.41) is 3.23. The second kappa shape index (κ2) is 4.77. The summed E-state index contributed by atoms with van der Waals surface area (Å²) in [6, 6.07) is 0. The van der Waals surface area contributed by atoms with Gasteiger partial charge in [-0.2, -0.15) is 0 Å². The summed E-state index contributed by atoms with van der Waals surface area (Å²) >= 11 is 0. The van der Waals surface area contributed by atoms with Crippen molar-refractivity contribution >= 4 is 5.82 Å². The van der Waals surface area contributed by atoms with Gasteiger partial charge in [0.1, 0.15) is 0 Å². The van der Waals surface area contributed by atoms with Crippen LogP contribution in [0.2, 0.25) is 0 Å². The Bertz CT molecular complexity index is 436. The predicted octanol–water partition coefficient (Wildman–Crippen LogP) is 1.77. The van der Waals surface area contributed by atoms with Crippen LogP contribution in [-0.4, -0.2) is 23.6 Å². The second-order valence-electron chi connectivity index (χ2n) is 4.98. The van der Waals surface area contributed by atoms with Crippen molar-refractivity contribution in [1.29, 1.82) is 0 Å². The number of hydrogen-bond acceptors (Lipinski definition) is 4. The van der Waals surface area contributed by atoms with Gasteiger partial charge in [-0.1, -0.05) is 19.8 Å². The number of aromatic nitrogens is 2. The first-order chi connectivity index (χ1) is 8.14. The van der Waals surface area contributed by atoms with E-state index in [9.17, 15) is 4.79 Å². The van der Waals surface area contributed by atoms with Crippen LogP contribution in [0.15, 0.2) is 11.1 Å². The molecule has 2 rings (SSSR count). The molecule has 0 aliphatic heterocycles. The van der Waals surface area contributed by atoms with Gasteiger partial charge in [-0.25, -0.2) is 4.98 Å². The van der Waals surface area contributed by atoms with E-state index in [4.69, 9.17) is 4.74 Å². The van der Waals surface area contributed by atoms with Crippen LogP contribution in [0.25, 0.3) is 0 Å². The van der Waals surface area contributed by atoms with E-state index < -0.39 is 0 Å². The van der Waals surface area contributed by atoms with E-state index in [1.807, 2.05) is 0 Å². The highest BCUT2D eigenvalue weighted by Gasteiger charge is 2.28. The molecule has 1 saturated carbocycles. The van der Waals surface area contributed by atoms with Crippen LogP contribution in [0.4, 0.5) is 5.82 Å². The first-order valence-electron chi connectivity index (χ1n) is 6.00. The molecule has 2 N–H and O–H groups in total. The molecule has 1 aromatic rings. The number of nitrogens with zero attached hydrogens (tertiary/aromatic N) is 1. The zero-order valence-electron chi connectivity index (χ0n) is 10.4. The SMILES string of the molecule is COc1c(NCC2(C)CCCC2)nc[nH]c1=O. The Balaban J connectivity index is 2.08. The van der Waals surface area contributed by atoms with Crippen molar-refractivity contribution in [2.45, 2.75) is 32.6 Å². The van der Waals surface area contributed by atoms with Crippen molar-refractivity contribution in [3.05, 3.63) is 16.7 Å². The summed E-state index contributed by atoms with van der Waals surface area (Å²) in [7, 11) is 1.48. The molecule has 0 unspecified atom stereocenters. The minimum absolute atomic E-state index is 0.249. The fourth-order valence-corrected chi connectivity index (χ4v) is 2.40. The fourth-order valence-electron chi connectivity index (χ4n) is 2.40. The minimum atomic E-state index is -0.249. The summed E-state index contributed by atoms with van der Waals surface area (Å²) in [6.07, 6.45) is 6.43. The van der Waals surface area contributed by atoms with Gasteiger partial charge in [0, 0.05) is 6.54 Å². The van der Waals surface area contributed by atoms with E-state index in [-0.39, 0.29) is 11.3 Å². The van der Waals surface area contributed by atoms with Gasteiger partial charge in [0.2, 0.25) is 5.75 Å². The zero-order chi connectivity index (χ0) is 12.3. The first kappa shape index (κ1) is 12.0. The van der Waals surface area contributed by atoms with E-state index in [1.165, 1.54) is 39.1 Å². The molecular formula is C12H19N3O2. The van der Waals surface area contributed by atoms with Crippen LogP contribution in [0.3, 0.4) is 0 Å². The average molecular weight is 237 g/mol. The summed E-state index contributed by atoms with van der Waals surface area (Å²) in [6.45, 7) is 3.10. The summed E-state index contributed by atoms with van der Waals surface area (Å²) in [5.74, 6) is 0.790. The van der Waals surface area contributed by atoms with Gasteiger partial charge in [-0.15, -0.1) is 0 Å². The molecule has 0 spiro atoms. The van der Waals surface area contributed by atoms with E-state index >= 15 is 0 Å². The van der Waals surface area contributed by atoms with Crippen molar-refractivity contribution in [1.82, 2.24) is 9.97 Å². The topological polar surface area (TPSA) is 67.0 Å². The van der Waals surface area contributed by atoms with Gasteiger partial charge in [-0.05, 0) is 18.3 Å². The molecule has 1 aliphatic carbocycles. The van der Waals surface area contributed by atoms with E-state index in [1.54, 1.807) is 0 Å². The van der Waals surface area contributed by atoms with Crippen molar-refractivity contribution in [2.24, 2.45) is 5.41 Å². The highest BCUT2D eigenvalue weighted by Crippen LogP contribution is 2.37. The van der Waals surface area contributed by atoms with Gasteiger partial charge >= 0.3 is 0 Å². The van der Waals surface area contributed by atoms with Gasteiger partial charge in [0.05, 0.1) is 13.4 Å². The number of anilines is 1. The maximum atomic E-state index is 11.5. The number of nitrogens with one attached hydrogen (secondary N) is 2. The zero-order valence-corrected chi connectivity index (χ0v) is 10.4. The number of H-pyrrole nitrogens is 1. The Kier molecular flexibility index (Phi) is 3.36. The Hall–Kier alpha value is -1.52. The average Bonchev–Trinajstić information content (AvgIpc) is 2.74. The second-order valence-corrected chi connectivity index (χ2v) is 4.98. The van der Waals surface area contributed by atoms with Crippen LogP contribution in [0.1, 0.15) is 32.6 Å². The minimum Gasteiger partial charge on any atom is -0.489 e.